The highest BCUT2D eigenvalue weighted by atomic mass is 32.2. The van der Waals surface area contributed by atoms with Crippen molar-refractivity contribution in [1.29, 1.82) is 0 Å². The van der Waals surface area contributed by atoms with Gasteiger partial charge in [0, 0.05) is 25.3 Å². The molecule has 0 unspecified atom stereocenters. The molecular formula is C12H18N2O4S. The van der Waals surface area contributed by atoms with Crippen molar-refractivity contribution in [3.63, 3.8) is 0 Å². The number of sulfonamides is 1. The second-order valence-electron chi connectivity index (χ2n) is 4.61. The van der Waals surface area contributed by atoms with Crippen molar-refractivity contribution >= 4 is 15.7 Å². The number of aliphatic hydroxyl groups is 1. The Balaban J connectivity index is 2.40. The number of rotatable bonds is 3. The van der Waals surface area contributed by atoms with Gasteiger partial charge in [-0.15, -0.1) is 0 Å². The maximum absolute atomic E-state index is 12.1. The van der Waals surface area contributed by atoms with Gasteiger partial charge in [0.15, 0.2) is 0 Å². The fourth-order valence-corrected chi connectivity index (χ4v) is 3.28. The predicted octanol–water partition coefficient (Wildman–Crippen LogP) is 0.174. The summed E-state index contributed by atoms with van der Waals surface area (Å²) >= 11 is 0. The third-order valence-electron chi connectivity index (χ3n) is 2.94. The van der Waals surface area contributed by atoms with Gasteiger partial charge in [-0.25, -0.2) is 13.1 Å². The lowest BCUT2D eigenvalue weighted by Gasteiger charge is -2.19. The summed E-state index contributed by atoms with van der Waals surface area (Å²) in [7, 11) is -1.70. The number of anilines is 1. The zero-order chi connectivity index (χ0) is 14.0. The van der Waals surface area contributed by atoms with Crippen molar-refractivity contribution in [3.05, 3.63) is 18.2 Å². The van der Waals surface area contributed by atoms with Crippen LogP contribution in [0.15, 0.2) is 23.1 Å². The molecule has 19 heavy (non-hydrogen) atoms. The van der Waals surface area contributed by atoms with E-state index in [1.54, 1.807) is 19.1 Å². The number of nitrogens with one attached hydrogen (secondary N) is 1. The number of hydrogen-bond acceptors (Lipinski definition) is 5. The quantitative estimate of drug-likeness (QED) is 0.828. The SMILES string of the molecule is C[C@@H]1COc2cc(N(C)CCO)ccc2S(=O)(=O)N1. The van der Waals surface area contributed by atoms with Gasteiger partial charge in [0.1, 0.15) is 17.3 Å². The number of likely N-dealkylation sites (N-methyl/N-ethyl adjacent to an activating group) is 1. The van der Waals surface area contributed by atoms with Gasteiger partial charge >= 0.3 is 0 Å². The van der Waals surface area contributed by atoms with E-state index in [9.17, 15) is 8.42 Å². The molecule has 0 bridgehead atoms. The molecule has 0 saturated heterocycles. The van der Waals surface area contributed by atoms with Gasteiger partial charge in [-0.1, -0.05) is 0 Å². The molecule has 0 spiro atoms. The summed E-state index contributed by atoms with van der Waals surface area (Å²) in [6.07, 6.45) is 0. The zero-order valence-electron chi connectivity index (χ0n) is 11.0. The van der Waals surface area contributed by atoms with Crippen LogP contribution in [0.25, 0.3) is 0 Å². The van der Waals surface area contributed by atoms with Crippen molar-refractivity contribution in [3.8, 4) is 5.75 Å². The van der Waals surface area contributed by atoms with Crippen LogP contribution in [0, 0.1) is 0 Å². The van der Waals surface area contributed by atoms with E-state index in [-0.39, 0.29) is 17.5 Å². The Kier molecular flexibility index (Phi) is 3.98. The monoisotopic (exact) mass is 286 g/mol. The lowest BCUT2D eigenvalue weighted by molar-refractivity contribution is 0.288. The summed E-state index contributed by atoms with van der Waals surface area (Å²) in [5, 5.41) is 8.92. The number of hydrogen-bond donors (Lipinski definition) is 2. The molecule has 1 atom stereocenters. The molecule has 2 N–H and O–H groups in total. The Bertz CT molecular complexity index is 559. The summed E-state index contributed by atoms with van der Waals surface area (Å²) in [5.74, 6) is 0.346. The largest absolute Gasteiger partial charge is 0.490 e. The second-order valence-corrected chi connectivity index (χ2v) is 6.29. The van der Waals surface area contributed by atoms with Crippen LogP contribution in [0.3, 0.4) is 0 Å². The summed E-state index contributed by atoms with van der Waals surface area (Å²) < 4.78 is 32.2. The van der Waals surface area contributed by atoms with Gasteiger partial charge in [0.25, 0.3) is 0 Å². The van der Waals surface area contributed by atoms with E-state index in [4.69, 9.17) is 9.84 Å². The van der Waals surface area contributed by atoms with Gasteiger partial charge in [-0.05, 0) is 19.1 Å². The molecule has 6 nitrogen and oxygen atoms in total. The van der Waals surface area contributed by atoms with Crippen LogP contribution in [-0.2, 0) is 10.0 Å². The van der Waals surface area contributed by atoms with Crippen LogP contribution in [0.5, 0.6) is 5.75 Å². The van der Waals surface area contributed by atoms with E-state index in [0.29, 0.717) is 18.9 Å². The molecule has 0 saturated carbocycles. The third-order valence-corrected chi connectivity index (χ3v) is 4.57. The molecule has 7 heteroatoms. The molecule has 1 heterocycles. The van der Waals surface area contributed by atoms with Crippen LogP contribution in [0.4, 0.5) is 5.69 Å². The molecule has 0 aliphatic carbocycles. The van der Waals surface area contributed by atoms with E-state index < -0.39 is 10.0 Å². The highest BCUT2D eigenvalue weighted by Gasteiger charge is 2.26. The maximum Gasteiger partial charge on any atom is 0.244 e. The highest BCUT2D eigenvalue weighted by molar-refractivity contribution is 7.89. The number of aliphatic hydroxyl groups excluding tert-OH is 1. The second kappa shape index (κ2) is 5.36. The molecule has 1 aliphatic heterocycles. The first kappa shape index (κ1) is 14.1. The highest BCUT2D eigenvalue weighted by Crippen LogP contribution is 2.30. The molecule has 106 valence electrons. The number of benzene rings is 1. The van der Waals surface area contributed by atoms with Gasteiger partial charge < -0.3 is 14.7 Å². The van der Waals surface area contributed by atoms with Gasteiger partial charge in [-0.2, -0.15) is 0 Å². The average molecular weight is 286 g/mol. The molecule has 0 amide bonds. The fraction of sp³-hybridized carbons (Fsp3) is 0.500. The van der Waals surface area contributed by atoms with E-state index in [2.05, 4.69) is 4.72 Å². The Labute approximate surface area is 113 Å². The Morgan fingerprint density at radius 1 is 1.53 bits per heavy atom. The van der Waals surface area contributed by atoms with Crippen molar-refractivity contribution in [2.45, 2.75) is 17.9 Å². The molecule has 0 aromatic heterocycles. The Hall–Kier alpha value is -1.31. The predicted molar refractivity (Wildman–Crippen MR) is 72.1 cm³/mol. The van der Waals surface area contributed by atoms with Crippen molar-refractivity contribution in [1.82, 2.24) is 4.72 Å². The Morgan fingerprint density at radius 3 is 2.95 bits per heavy atom. The first-order valence-electron chi connectivity index (χ1n) is 6.05. The molecule has 1 aromatic carbocycles. The van der Waals surface area contributed by atoms with E-state index in [1.165, 1.54) is 6.07 Å². The smallest absolute Gasteiger partial charge is 0.244 e. The van der Waals surface area contributed by atoms with Crippen LogP contribution in [0.2, 0.25) is 0 Å². The summed E-state index contributed by atoms with van der Waals surface area (Å²) in [4.78, 5) is 1.98. The van der Waals surface area contributed by atoms with Crippen LogP contribution in [0.1, 0.15) is 6.92 Å². The fourth-order valence-electron chi connectivity index (χ4n) is 1.93. The minimum absolute atomic E-state index is 0.0331. The topological polar surface area (TPSA) is 78.9 Å². The lowest BCUT2D eigenvalue weighted by Crippen LogP contribution is -2.33. The minimum atomic E-state index is -3.53. The molecule has 0 radical (unpaired) electrons. The van der Waals surface area contributed by atoms with E-state index in [1.807, 2.05) is 11.9 Å². The van der Waals surface area contributed by atoms with Crippen molar-refractivity contribution in [2.75, 3.05) is 31.7 Å². The number of nitrogens with zero attached hydrogens (tertiary/aromatic N) is 1. The normalized spacial score (nSPS) is 21.1. The Morgan fingerprint density at radius 2 is 2.26 bits per heavy atom. The molecule has 0 fully saturated rings. The van der Waals surface area contributed by atoms with Gasteiger partial charge in [0.05, 0.1) is 12.6 Å². The summed E-state index contributed by atoms with van der Waals surface area (Å²) in [5.41, 5.74) is 0.803. The zero-order valence-corrected chi connectivity index (χ0v) is 11.8. The lowest BCUT2D eigenvalue weighted by atomic mass is 10.2. The average Bonchev–Trinajstić information content (AvgIpc) is 2.46. The van der Waals surface area contributed by atoms with Crippen LogP contribution >= 0.6 is 0 Å². The van der Waals surface area contributed by atoms with E-state index >= 15 is 0 Å². The van der Waals surface area contributed by atoms with Gasteiger partial charge in [0.2, 0.25) is 10.0 Å². The van der Waals surface area contributed by atoms with Gasteiger partial charge in [-0.3, -0.25) is 0 Å². The maximum atomic E-state index is 12.1. The summed E-state index contributed by atoms with van der Waals surface area (Å²) in [6, 6.07) is 4.64. The van der Waals surface area contributed by atoms with Crippen molar-refractivity contribution < 1.29 is 18.3 Å². The van der Waals surface area contributed by atoms with E-state index in [0.717, 1.165) is 5.69 Å². The molecule has 2 rings (SSSR count). The third kappa shape index (κ3) is 2.99. The summed E-state index contributed by atoms with van der Waals surface area (Å²) in [6.45, 7) is 2.55. The first-order chi connectivity index (χ1) is 8.94. The standard InChI is InChI=1S/C12H18N2O4S/c1-9-8-18-11-7-10(14(2)5-6-15)3-4-12(11)19(16,17)13-9/h3-4,7,9,13,15H,5-6,8H2,1-2H3/t9-/m1/s1. The molecular weight excluding hydrogens is 268 g/mol. The van der Waals surface area contributed by atoms with Crippen LogP contribution < -0.4 is 14.4 Å². The molecule has 1 aliphatic rings. The molecule has 1 aromatic rings. The van der Waals surface area contributed by atoms with Crippen LogP contribution in [-0.4, -0.2) is 46.4 Å². The minimum Gasteiger partial charge on any atom is -0.490 e. The number of ether oxygens (including phenoxy) is 1. The first-order valence-corrected chi connectivity index (χ1v) is 7.53. The van der Waals surface area contributed by atoms with Crippen molar-refractivity contribution in [2.24, 2.45) is 0 Å². The number of fused-ring (bicyclic) bond motifs is 1.